The van der Waals surface area contributed by atoms with Gasteiger partial charge in [-0.3, -0.25) is 19.2 Å². The van der Waals surface area contributed by atoms with Crippen LogP contribution < -0.4 is 16.4 Å². The molecule has 148 valence electrons. The summed E-state index contributed by atoms with van der Waals surface area (Å²) in [6.45, 7) is 3.52. The third kappa shape index (κ3) is 9.57. The van der Waals surface area contributed by atoms with Crippen molar-refractivity contribution in [3.8, 4) is 0 Å². The summed E-state index contributed by atoms with van der Waals surface area (Å²) < 4.78 is 0. The monoisotopic (exact) mass is 375 g/mol. The predicted molar refractivity (Wildman–Crippen MR) is 88.1 cm³/mol. The normalized spacial score (nSPS) is 14.2. The maximum Gasteiger partial charge on any atom is 0.326 e. The molecule has 0 heterocycles. The SMILES string of the molecule is CC(C)CC(NC(=O)C(CCC(=O)O)NC(=O)C(N)CC(=O)O)C(=O)O. The van der Waals surface area contributed by atoms with E-state index in [2.05, 4.69) is 10.6 Å². The second-order valence-corrected chi connectivity index (χ2v) is 6.23. The van der Waals surface area contributed by atoms with Crippen LogP contribution in [0.1, 0.15) is 39.5 Å². The number of hydrogen-bond acceptors (Lipinski definition) is 6. The maximum absolute atomic E-state index is 12.3. The number of carboxylic acid groups (broad SMARTS) is 3. The summed E-state index contributed by atoms with van der Waals surface area (Å²) in [4.78, 5) is 56.7. The fourth-order valence-electron chi connectivity index (χ4n) is 2.06. The van der Waals surface area contributed by atoms with Gasteiger partial charge in [0.25, 0.3) is 0 Å². The smallest absolute Gasteiger partial charge is 0.326 e. The lowest BCUT2D eigenvalue weighted by atomic mass is 10.0. The molecular formula is C15H25N3O8. The summed E-state index contributed by atoms with van der Waals surface area (Å²) in [6.07, 6.45) is -1.31. The standard InChI is InChI=1S/C15H25N3O8/c1-7(2)5-10(15(25)26)18-14(24)9(3-4-11(19)20)17-13(23)8(16)6-12(21)22/h7-10H,3-6,16H2,1-2H3,(H,17,23)(H,18,24)(H,19,20)(H,21,22)(H,25,26). The summed E-state index contributed by atoms with van der Waals surface area (Å²) >= 11 is 0. The van der Waals surface area contributed by atoms with E-state index in [0.29, 0.717) is 0 Å². The molecule has 0 aromatic carbocycles. The molecule has 11 nitrogen and oxygen atoms in total. The Labute approximate surface area is 149 Å². The van der Waals surface area contributed by atoms with Gasteiger partial charge in [0.05, 0.1) is 12.5 Å². The second-order valence-electron chi connectivity index (χ2n) is 6.23. The van der Waals surface area contributed by atoms with E-state index >= 15 is 0 Å². The number of carboxylic acids is 3. The molecule has 0 bridgehead atoms. The van der Waals surface area contributed by atoms with Crippen LogP contribution in [-0.4, -0.2) is 63.2 Å². The van der Waals surface area contributed by atoms with Gasteiger partial charge in [0.1, 0.15) is 12.1 Å². The number of rotatable bonds is 12. The lowest BCUT2D eigenvalue weighted by Crippen LogP contribution is -2.55. The quantitative estimate of drug-likeness (QED) is 0.241. The molecule has 3 unspecified atom stereocenters. The Hall–Kier alpha value is -2.69. The number of aliphatic carboxylic acids is 3. The molecule has 0 radical (unpaired) electrons. The minimum absolute atomic E-state index is 0.0348. The fraction of sp³-hybridized carbons (Fsp3) is 0.667. The number of carbonyl (C=O) groups excluding carboxylic acids is 2. The topological polar surface area (TPSA) is 196 Å². The number of carbonyl (C=O) groups is 5. The van der Waals surface area contributed by atoms with Gasteiger partial charge in [-0.2, -0.15) is 0 Å². The number of nitrogens with two attached hydrogens (primary N) is 1. The number of amides is 2. The molecule has 0 aliphatic heterocycles. The third-order valence-corrected chi connectivity index (χ3v) is 3.33. The minimum atomic E-state index is -1.43. The van der Waals surface area contributed by atoms with Gasteiger partial charge in [0.15, 0.2) is 0 Å². The molecule has 2 amide bonds. The molecule has 0 rings (SSSR count). The van der Waals surface area contributed by atoms with Crippen LogP contribution in [0.25, 0.3) is 0 Å². The van der Waals surface area contributed by atoms with E-state index in [0.717, 1.165) is 0 Å². The molecule has 3 atom stereocenters. The number of hydrogen-bond donors (Lipinski definition) is 6. The fourth-order valence-corrected chi connectivity index (χ4v) is 2.06. The van der Waals surface area contributed by atoms with E-state index in [1.54, 1.807) is 13.8 Å². The number of nitrogens with one attached hydrogen (secondary N) is 2. The first-order valence-electron chi connectivity index (χ1n) is 7.96. The highest BCUT2D eigenvalue weighted by molar-refractivity contribution is 5.93. The van der Waals surface area contributed by atoms with Crippen molar-refractivity contribution in [3.63, 3.8) is 0 Å². The van der Waals surface area contributed by atoms with Gasteiger partial charge in [-0.05, 0) is 18.8 Å². The summed E-state index contributed by atoms with van der Waals surface area (Å²) in [6, 6.07) is -3.99. The molecule has 0 saturated heterocycles. The van der Waals surface area contributed by atoms with Crippen LogP contribution in [0, 0.1) is 5.92 Å². The molecule has 26 heavy (non-hydrogen) atoms. The van der Waals surface area contributed by atoms with Crippen LogP contribution >= 0.6 is 0 Å². The van der Waals surface area contributed by atoms with Crippen LogP contribution in [0.3, 0.4) is 0 Å². The first kappa shape index (κ1) is 23.3. The Morgan fingerprint density at radius 1 is 0.885 bits per heavy atom. The summed E-state index contributed by atoms with van der Waals surface area (Å²) in [5, 5.41) is 31.0. The van der Waals surface area contributed by atoms with Gasteiger partial charge in [-0.25, -0.2) is 4.79 Å². The van der Waals surface area contributed by atoms with Gasteiger partial charge >= 0.3 is 17.9 Å². The zero-order valence-electron chi connectivity index (χ0n) is 14.6. The first-order chi connectivity index (χ1) is 11.9. The Morgan fingerprint density at radius 2 is 1.42 bits per heavy atom. The van der Waals surface area contributed by atoms with Crippen LogP contribution in [0.2, 0.25) is 0 Å². The lowest BCUT2D eigenvalue weighted by Gasteiger charge is -2.23. The van der Waals surface area contributed by atoms with Gasteiger partial charge in [-0.1, -0.05) is 13.8 Å². The zero-order chi connectivity index (χ0) is 20.4. The molecule has 0 aromatic heterocycles. The molecule has 0 spiro atoms. The third-order valence-electron chi connectivity index (χ3n) is 3.33. The highest BCUT2D eigenvalue weighted by Crippen LogP contribution is 2.07. The zero-order valence-corrected chi connectivity index (χ0v) is 14.6. The second kappa shape index (κ2) is 11.0. The molecule has 11 heteroatoms. The van der Waals surface area contributed by atoms with Crippen molar-refractivity contribution in [1.82, 2.24) is 10.6 Å². The minimum Gasteiger partial charge on any atom is -0.481 e. The average molecular weight is 375 g/mol. The van der Waals surface area contributed by atoms with Crippen molar-refractivity contribution >= 4 is 29.7 Å². The van der Waals surface area contributed by atoms with Crippen molar-refractivity contribution in [2.45, 2.75) is 57.7 Å². The maximum atomic E-state index is 12.3. The summed E-state index contributed by atoms with van der Waals surface area (Å²) in [7, 11) is 0. The van der Waals surface area contributed by atoms with Crippen LogP contribution in [0.4, 0.5) is 0 Å². The van der Waals surface area contributed by atoms with Crippen LogP contribution in [-0.2, 0) is 24.0 Å². The van der Waals surface area contributed by atoms with Gasteiger partial charge in [-0.15, -0.1) is 0 Å². The summed E-state index contributed by atoms with van der Waals surface area (Å²) in [5.41, 5.74) is 5.40. The van der Waals surface area contributed by atoms with Gasteiger partial charge < -0.3 is 31.7 Å². The molecule has 7 N–H and O–H groups in total. The Balaban J connectivity index is 5.11. The van der Waals surface area contributed by atoms with Crippen molar-refractivity contribution < 1.29 is 39.3 Å². The highest BCUT2D eigenvalue weighted by Gasteiger charge is 2.29. The molecule has 0 fully saturated rings. The summed E-state index contributed by atoms with van der Waals surface area (Å²) in [5.74, 6) is -5.67. The highest BCUT2D eigenvalue weighted by atomic mass is 16.4. The van der Waals surface area contributed by atoms with E-state index in [1.165, 1.54) is 0 Å². The largest absolute Gasteiger partial charge is 0.481 e. The van der Waals surface area contributed by atoms with Gasteiger partial charge in [0, 0.05) is 6.42 Å². The Morgan fingerprint density at radius 3 is 1.85 bits per heavy atom. The first-order valence-corrected chi connectivity index (χ1v) is 7.96. The van der Waals surface area contributed by atoms with E-state index in [9.17, 15) is 24.0 Å². The average Bonchev–Trinajstić information content (AvgIpc) is 2.48. The molecule has 0 aromatic rings. The van der Waals surface area contributed by atoms with E-state index in [4.69, 9.17) is 21.1 Å². The van der Waals surface area contributed by atoms with E-state index in [-0.39, 0.29) is 18.8 Å². The Kier molecular flexibility index (Phi) is 9.89. The lowest BCUT2D eigenvalue weighted by molar-refractivity contribution is -0.143. The predicted octanol–water partition coefficient (Wildman–Crippen LogP) is -1.25. The van der Waals surface area contributed by atoms with Crippen LogP contribution in [0.5, 0.6) is 0 Å². The van der Waals surface area contributed by atoms with Gasteiger partial charge in [0.2, 0.25) is 11.8 Å². The molecular weight excluding hydrogens is 350 g/mol. The van der Waals surface area contributed by atoms with Crippen molar-refractivity contribution in [2.24, 2.45) is 11.7 Å². The molecule has 0 aliphatic rings. The van der Waals surface area contributed by atoms with E-state index in [1.807, 2.05) is 0 Å². The van der Waals surface area contributed by atoms with Crippen molar-refractivity contribution in [2.75, 3.05) is 0 Å². The van der Waals surface area contributed by atoms with Crippen molar-refractivity contribution in [1.29, 1.82) is 0 Å². The van der Waals surface area contributed by atoms with Crippen LogP contribution in [0.15, 0.2) is 0 Å². The van der Waals surface area contributed by atoms with E-state index < -0.39 is 60.7 Å². The Bertz CT molecular complexity index is 549. The molecule has 0 aliphatic carbocycles. The molecule has 0 saturated carbocycles. The van der Waals surface area contributed by atoms with Crippen molar-refractivity contribution in [3.05, 3.63) is 0 Å².